The van der Waals surface area contributed by atoms with Crippen LogP contribution in [-0.4, -0.2) is 40.9 Å². The van der Waals surface area contributed by atoms with Gasteiger partial charge in [-0.1, -0.05) is 18.3 Å². The van der Waals surface area contributed by atoms with Crippen LogP contribution < -0.4 is 5.32 Å². The summed E-state index contributed by atoms with van der Waals surface area (Å²) in [6, 6.07) is 0.624. The number of nitrogens with zero attached hydrogens (tertiary/aromatic N) is 1. The van der Waals surface area contributed by atoms with E-state index in [-0.39, 0.29) is 11.1 Å². The van der Waals surface area contributed by atoms with Gasteiger partial charge < -0.3 is 5.32 Å². The van der Waals surface area contributed by atoms with Gasteiger partial charge in [0.25, 0.3) is 5.24 Å². The first kappa shape index (κ1) is 11.7. The summed E-state index contributed by atoms with van der Waals surface area (Å²) in [5, 5.41) is 3.18. The van der Waals surface area contributed by atoms with Gasteiger partial charge in [-0.05, 0) is 18.4 Å². The molecular formula is C11H16N2O2S. The molecule has 5 heteroatoms. The second-order valence-corrected chi connectivity index (χ2v) is 5.30. The third-order valence-electron chi connectivity index (χ3n) is 2.66. The smallest absolute Gasteiger partial charge is 0.288 e. The van der Waals surface area contributed by atoms with Crippen molar-refractivity contribution in [3.63, 3.8) is 0 Å². The Morgan fingerprint density at radius 2 is 2.25 bits per heavy atom. The van der Waals surface area contributed by atoms with Crippen molar-refractivity contribution in [2.24, 2.45) is 0 Å². The number of nitrogens with one attached hydrogen (secondary N) is 1. The molecule has 2 aliphatic rings. The van der Waals surface area contributed by atoms with Crippen molar-refractivity contribution >= 4 is 22.9 Å². The fourth-order valence-corrected chi connectivity index (χ4v) is 2.32. The number of imide groups is 1. The van der Waals surface area contributed by atoms with E-state index >= 15 is 0 Å². The molecule has 2 amide bonds. The molecule has 4 nitrogen and oxygen atoms in total. The van der Waals surface area contributed by atoms with Crippen LogP contribution in [0.1, 0.15) is 19.3 Å². The standard InChI is InChI=1S/C11H16N2O2S/c1-8(6-12-9-2-3-9)7-13-10(14)4-5-16-11(13)15/h9,12H,1-7H2. The zero-order valence-corrected chi connectivity index (χ0v) is 10.0. The zero-order valence-electron chi connectivity index (χ0n) is 9.20. The van der Waals surface area contributed by atoms with Gasteiger partial charge in [-0.15, -0.1) is 0 Å². The largest absolute Gasteiger partial charge is 0.310 e. The summed E-state index contributed by atoms with van der Waals surface area (Å²) < 4.78 is 0. The van der Waals surface area contributed by atoms with Gasteiger partial charge in [0.1, 0.15) is 0 Å². The Morgan fingerprint density at radius 1 is 1.50 bits per heavy atom. The maximum absolute atomic E-state index is 11.5. The van der Waals surface area contributed by atoms with Crippen LogP contribution in [0.2, 0.25) is 0 Å². The fourth-order valence-electron chi connectivity index (χ4n) is 1.55. The first-order chi connectivity index (χ1) is 7.66. The fraction of sp³-hybridized carbons (Fsp3) is 0.636. The van der Waals surface area contributed by atoms with Gasteiger partial charge in [0.15, 0.2) is 0 Å². The van der Waals surface area contributed by atoms with E-state index in [0.29, 0.717) is 31.3 Å². The molecule has 1 N–H and O–H groups in total. The molecule has 1 saturated heterocycles. The van der Waals surface area contributed by atoms with E-state index in [4.69, 9.17) is 0 Å². The van der Waals surface area contributed by atoms with Crippen molar-refractivity contribution in [3.8, 4) is 0 Å². The highest BCUT2D eigenvalue weighted by atomic mass is 32.2. The molecule has 1 heterocycles. The second kappa shape index (κ2) is 5.01. The molecule has 0 spiro atoms. The van der Waals surface area contributed by atoms with Gasteiger partial charge in [0.05, 0.1) is 6.54 Å². The highest BCUT2D eigenvalue weighted by molar-refractivity contribution is 8.13. The molecule has 88 valence electrons. The summed E-state index contributed by atoms with van der Waals surface area (Å²) in [5.41, 5.74) is 0.899. The third-order valence-corrected chi connectivity index (χ3v) is 3.54. The molecule has 0 aromatic heterocycles. The Bertz CT molecular complexity index is 310. The lowest BCUT2D eigenvalue weighted by molar-refractivity contribution is -0.127. The van der Waals surface area contributed by atoms with Crippen LogP contribution in [0.15, 0.2) is 12.2 Å². The average molecular weight is 240 g/mol. The Kier molecular flexibility index (Phi) is 3.66. The Balaban J connectivity index is 1.79. The number of hydrogen-bond acceptors (Lipinski definition) is 4. The van der Waals surface area contributed by atoms with Crippen molar-refractivity contribution in [3.05, 3.63) is 12.2 Å². The van der Waals surface area contributed by atoms with Gasteiger partial charge >= 0.3 is 0 Å². The quantitative estimate of drug-likeness (QED) is 0.738. The van der Waals surface area contributed by atoms with Gasteiger partial charge in [-0.3, -0.25) is 14.5 Å². The Hall–Kier alpha value is -0.810. The van der Waals surface area contributed by atoms with Crippen molar-refractivity contribution in [1.82, 2.24) is 10.2 Å². The summed E-state index contributed by atoms with van der Waals surface area (Å²) in [6.07, 6.45) is 2.91. The minimum Gasteiger partial charge on any atom is -0.310 e. The Labute approximate surface area is 99.4 Å². The van der Waals surface area contributed by atoms with Crippen molar-refractivity contribution in [1.29, 1.82) is 0 Å². The first-order valence-corrected chi connectivity index (χ1v) is 6.52. The molecule has 2 fully saturated rings. The predicted octanol–water partition coefficient (Wildman–Crippen LogP) is 1.38. The van der Waals surface area contributed by atoms with Gasteiger partial charge in [0.2, 0.25) is 5.91 Å². The van der Waals surface area contributed by atoms with E-state index in [2.05, 4.69) is 11.9 Å². The molecule has 0 aromatic carbocycles. The lowest BCUT2D eigenvalue weighted by Gasteiger charge is -2.25. The molecule has 1 aliphatic carbocycles. The number of rotatable bonds is 5. The van der Waals surface area contributed by atoms with E-state index in [1.165, 1.54) is 29.5 Å². The molecule has 1 saturated carbocycles. The average Bonchev–Trinajstić information content (AvgIpc) is 3.04. The highest BCUT2D eigenvalue weighted by Crippen LogP contribution is 2.20. The second-order valence-electron chi connectivity index (χ2n) is 4.25. The summed E-state index contributed by atoms with van der Waals surface area (Å²) in [4.78, 5) is 24.3. The van der Waals surface area contributed by atoms with Crippen LogP contribution in [0.5, 0.6) is 0 Å². The molecule has 0 aromatic rings. The molecule has 0 radical (unpaired) electrons. The van der Waals surface area contributed by atoms with Gasteiger partial charge in [-0.2, -0.15) is 0 Å². The third kappa shape index (κ3) is 3.09. The molecule has 0 bridgehead atoms. The molecular weight excluding hydrogens is 224 g/mol. The van der Waals surface area contributed by atoms with E-state index in [9.17, 15) is 9.59 Å². The highest BCUT2D eigenvalue weighted by Gasteiger charge is 2.27. The van der Waals surface area contributed by atoms with Crippen LogP contribution in [0.25, 0.3) is 0 Å². The maximum Gasteiger partial charge on any atom is 0.288 e. The summed E-state index contributed by atoms with van der Waals surface area (Å²) in [5.74, 6) is 0.539. The number of carbonyl (C=O) groups is 2. The SMILES string of the molecule is C=C(CNC1CC1)CN1C(=O)CCSC1=O. The van der Waals surface area contributed by atoms with Crippen molar-refractivity contribution in [2.45, 2.75) is 25.3 Å². The van der Waals surface area contributed by atoms with E-state index in [1.54, 1.807) is 0 Å². The molecule has 16 heavy (non-hydrogen) atoms. The topological polar surface area (TPSA) is 49.4 Å². The number of hydrogen-bond donors (Lipinski definition) is 1. The monoisotopic (exact) mass is 240 g/mol. The molecule has 0 atom stereocenters. The van der Waals surface area contributed by atoms with Crippen molar-refractivity contribution < 1.29 is 9.59 Å². The van der Waals surface area contributed by atoms with Gasteiger partial charge in [-0.25, -0.2) is 0 Å². The van der Waals surface area contributed by atoms with E-state index < -0.39 is 0 Å². The van der Waals surface area contributed by atoms with E-state index in [0.717, 1.165) is 5.57 Å². The first-order valence-electron chi connectivity index (χ1n) is 5.54. The van der Waals surface area contributed by atoms with Crippen LogP contribution in [0.4, 0.5) is 4.79 Å². The molecule has 2 rings (SSSR count). The summed E-state index contributed by atoms with van der Waals surface area (Å²) >= 11 is 1.21. The predicted molar refractivity (Wildman–Crippen MR) is 64.3 cm³/mol. The minimum atomic E-state index is -0.135. The maximum atomic E-state index is 11.5. The normalized spacial score (nSPS) is 21.4. The summed E-state index contributed by atoms with van der Waals surface area (Å²) in [6.45, 7) is 4.97. The number of thioether (sulfide) groups is 1. The van der Waals surface area contributed by atoms with Crippen LogP contribution >= 0.6 is 11.8 Å². The Morgan fingerprint density at radius 3 is 2.88 bits per heavy atom. The number of amides is 2. The summed E-state index contributed by atoms with van der Waals surface area (Å²) in [7, 11) is 0. The minimum absolute atomic E-state index is 0.0729. The van der Waals surface area contributed by atoms with Crippen LogP contribution in [-0.2, 0) is 4.79 Å². The lowest BCUT2D eigenvalue weighted by atomic mass is 10.2. The van der Waals surface area contributed by atoms with E-state index in [1.807, 2.05) is 0 Å². The lowest BCUT2D eigenvalue weighted by Crippen LogP contribution is -2.40. The van der Waals surface area contributed by atoms with Gasteiger partial charge in [0, 0.05) is 24.8 Å². The van der Waals surface area contributed by atoms with Crippen LogP contribution in [0.3, 0.4) is 0 Å². The molecule has 0 unspecified atom stereocenters. The van der Waals surface area contributed by atoms with Crippen molar-refractivity contribution in [2.75, 3.05) is 18.8 Å². The number of carbonyl (C=O) groups excluding carboxylic acids is 2. The zero-order chi connectivity index (χ0) is 11.5. The van der Waals surface area contributed by atoms with Crippen LogP contribution in [0, 0.1) is 0 Å². The molecule has 1 aliphatic heterocycles.